The molecular weight excluding hydrogens is 372 g/mol. The Morgan fingerprint density at radius 1 is 1.21 bits per heavy atom. The van der Waals surface area contributed by atoms with Gasteiger partial charge in [-0.05, 0) is 38.6 Å². The Kier molecular flexibility index (Phi) is 4.46. The fourth-order valence-corrected chi connectivity index (χ4v) is 4.47. The van der Waals surface area contributed by atoms with Gasteiger partial charge in [0.2, 0.25) is 5.91 Å². The van der Waals surface area contributed by atoms with Crippen molar-refractivity contribution in [3.8, 4) is 0 Å². The number of nitrogens with zero attached hydrogens (tertiary/aromatic N) is 6. The van der Waals surface area contributed by atoms with Crippen LogP contribution in [0.25, 0.3) is 11.1 Å². The minimum Gasteiger partial charge on any atom is -0.408 e. The van der Waals surface area contributed by atoms with E-state index < -0.39 is 5.76 Å². The van der Waals surface area contributed by atoms with E-state index in [1.54, 1.807) is 11.0 Å². The van der Waals surface area contributed by atoms with Crippen LogP contribution in [0.5, 0.6) is 0 Å². The van der Waals surface area contributed by atoms with Crippen molar-refractivity contribution in [2.75, 3.05) is 20.1 Å². The van der Waals surface area contributed by atoms with Crippen LogP contribution in [0.1, 0.15) is 37.0 Å². The van der Waals surface area contributed by atoms with Crippen molar-refractivity contribution >= 4 is 17.0 Å². The minimum absolute atomic E-state index is 0.0102. The molecule has 0 saturated carbocycles. The number of fused-ring (bicyclic) bond motifs is 2. The van der Waals surface area contributed by atoms with Gasteiger partial charge < -0.3 is 13.9 Å². The van der Waals surface area contributed by atoms with Crippen molar-refractivity contribution in [1.29, 1.82) is 0 Å². The second-order valence-electron chi connectivity index (χ2n) is 7.82. The third-order valence-electron chi connectivity index (χ3n) is 6.08. The van der Waals surface area contributed by atoms with Crippen LogP contribution in [0.3, 0.4) is 0 Å². The fourth-order valence-electron chi connectivity index (χ4n) is 4.47. The molecule has 3 aromatic rings. The number of amides is 1. The molecule has 1 aromatic carbocycles. The van der Waals surface area contributed by atoms with Gasteiger partial charge in [0.25, 0.3) is 0 Å². The highest BCUT2D eigenvalue weighted by Crippen LogP contribution is 2.30. The summed E-state index contributed by atoms with van der Waals surface area (Å²) in [5, 5.41) is 8.79. The van der Waals surface area contributed by atoms with Crippen LogP contribution >= 0.6 is 0 Å². The smallest absolute Gasteiger partial charge is 0.408 e. The predicted octanol–water partition coefficient (Wildman–Crippen LogP) is 1.39. The molecule has 2 aliphatic heterocycles. The number of benzene rings is 1. The standard InChI is InChI=1S/C20H24N6O3/c1-23-9-4-6-15(23)19-22-21-17-13-24(11-12-26(17)19)18(27)8-10-25-14-5-2-3-7-16(14)29-20(25)28/h2-3,5,7,15H,4,6,8-13H2,1H3. The Morgan fingerprint density at radius 3 is 2.90 bits per heavy atom. The van der Waals surface area contributed by atoms with E-state index >= 15 is 0 Å². The van der Waals surface area contributed by atoms with Crippen LogP contribution in [-0.4, -0.2) is 55.2 Å². The summed E-state index contributed by atoms with van der Waals surface area (Å²) >= 11 is 0. The van der Waals surface area contributed by atoms with Crippen LogP contribution in [-0.2, 0) is 24.4 Å². The van der Waals surface area contributed by atoms with Gasteiger partial charge in [0.15, 0.2) is 17.2 Å². The van der Waals surface area contributed by atoms with Crippen molar-refractivity contribution in [2.45, 2.75) is 44.9 Å². The first-order chi connectivity index (χ1) is 14.1. The minimum atomic E-state index is -0.428. The van der Waals surface area contributed by atoms with Crippen molar-refractivity contribution in [1.82, 2.24) is 29.1 Å². The Bertz CT molecular complexity index is 1110. The van der Waals surface area contributed by atoms with Crippen LogP contribution in [0.2, 0.25) is 0 Å². The Morgan fingerprint density at radius 2 is 2.07 bits per heavy atom. The van der Waals surface area contributed by atoms with E-state index in [1.165, 1.54) is 11.0 Å². The number of likely N-dealkylation sites (tertiary alicyclic amines) is 1. The first kappa shape index (κ1) is 18.1. The lowest BCUT2D eigenvalue weighted by molar-refractivity contribution is -0.133. The topological polar surface area (TPSA) is 89.4 Å². The molecule has 5 rings (SSSR count). The zero-order valence-corrected chi connectivity index (χ0v) is 16.5. The average Bonchev–Trinajstić information content (AvgIpc) is 3.41. The summed E-state index contributed by atoms with van der Waals surface area (Å²) in [6, 6.07) is 7.58. The van der Waals surface area contributed by atoms with Crippen LogP contribution in [0, 0.1) is 0 Å². The predicted molar refractivity (Wildman–Crippen MR) is 105 cm³/mol. The molecule has 9 heteroatoms. The summed E-state index contributed by atoms with van der Waals surface area (Å²) in [4.78, 5) is 29.0. The molecule has 0 aliphatic carbocycles. The second kappa shape index (κ2) is 7.14. The van der Waals surface area contributed by atoms with Crippen LogP contribution < -0.4 is 5.76 Å². The van der Waals surface area contributed by atoms with Crippen molar-refractivity contribution in [2.24, 2.45) is 0 Å². The summed E-state index contributed by atoms with van der Waals surface area (Å²) in [5.41, 5.74) is 1.26. The molecule has 2 aliphatic rings. The maximum absolute atomic E-state index is 12.8. The van der Waals surface area contributed by atoms with Crippen LogP contribution in [0.15, 0.2) is 33.5 Å². The van der Waals surface area contributed by atoms with Crippen molar-refractivity contribution < 1.29 is 9.21 Å². The molecule has 1 saturated heterocycles. The van der Waals surface area contributed by atoms with Gasteiger partial charge in [-0.3, -0.25) is 14.3 Å². The lowest BCUT2D eigenvalue weighted by Crippen LogP contribution is -2.39. The van der Waals surface area contributed by atoms with Crippen molar-refractivity contribution in [3.63, 3.8) is 0 Å². The molecule has 29 heavy (non-hydrogen) atoms. The molecule has 0 spiro atoms. The van der Waals surface area contributed by atoms with Gasteiger partial charge in [0, 0.05) is 26.1 Å². The maximum Gasteiger partial charge on any atom is 0.419 e. The summed E-state index contributed by atoms with van der Waals surface area (Å²) in [6.45, 7) is 3.19. The Balaban J connectivity index is 1.27. The molecule has 152 valence electrons. The normalized spacial score (nSPS) is 19.8. The fraction of sp³-hybridized carbons (Fsp3) is 0.500. The maximum atomic E-state index is 12.8. The molecule has 0 N–H and O–H groups in total. The summed E-state index contributed by atoms with van der Waals surface area (Å²) in [6.07, 6.45) is 2.52. The molecule has 1 atom stereocenters. The van der Waals surface area contributed by atoms with E-state index in [4.69, 9.17) is 4.42 Å². The third-order valence-corrected chi connectivity index (χ3v) is 6.08. The molecule has 1 amide bonds. The number of para-hydroxylation sites is 2. The number of aromatic nitrogens is 4. The van der Waals surface area contributed by atoms with Gasteiger partial charge in [0.05, 0.1) is 18.1 Å². The summed E-state index contributed by atoms with van der Waals surface area (Å²) in [7, 11) is 2.12. The monoisotopic (exact) mass is 396 g/mol. The largest absolute Gasteiger partial charge is 0.419 e. The lowest BCUT2D eigenvalue weighted by Gasteiger charge is -2.29. The molecule has 1 fully saturated rings. The van der Waals surface area contributed by atoms with E-state index in [9.17, 15) is 9.59 Å². The van der Waals surface area contributed by atoms with E-state index in [0.717, 1.165) is 24.6 Å². The number of carbonyl (C=O) groups is 1. The Hall–Kier alpha value is -2.94. The van der Waals surface area contributed by atoms with Gasteiger partial charge in [0.1, 0.15) is 0 Å². The molecule has 9 nitrogen and oxygen atoms in total. The summed E-state index contributed by atoms with van der Waals surface area (Å²) < 4.78 is 8.93. The second-order valence-corrected chi connectivity index (χ2v) is 7.82. The van der Waals surface area contributed by atoms with E-state index in [2.05, 4.69) is 26.7 Å². The number of aryl methyl sites for hydroxylation is 1. The van der Waals surface area contributed by atoms with E-state index in [1.807, 2.05) is 18.2 Å². The van der Waals surface area contributed by atoms with Gasteiger partial charge in [-0.25, -0.2) is 4.79 Å². The molecule has 1 unspecified atom stereocenters. The molecule has 2 aromatic heterocycles. The highest BCUT2D eigenvalue weighted by Gasteiger charge is 2.31. The average molecular weight is 396 g/mol. The number of oxazole rings is 1. The SMILES string of the molecule is CN1CCCC1c1nnc2n1CCN(C(=O)CCn1c(=O)oc3ccccc31)C2. The van der Waals surface area contributed by atoms with E-state index in [0.29, 0.717) is 43.3 Å². The zero-order chi connectivity index (χ0) is 20.0. The van der Waals surface area contributed by atoms with Gasteiger partial charge in [-0.2, -0.15) is 0 Å². The quantitative estimate of drug-likeness (QED) is 0.662. The number of rotatable bonds is 4. The third kappa shape index (κ3) is 3.15. The number of carbonyl (C=O) groups excluding carboxylic acids is 1. The van der Waals surface area contributed by atoms with Gasteiger partial charge in [-0.1, -0.05) is 12.1 Å². The van der Waals surface area contributed by atoms with Crippen molar-refractivity contribution in [3.05, 3.63) is 46.5 Å². The lowest BCUT2D eigenvalue weighted by atomic mass is 10.2. The first-order valence-electron chi connectivity index (χ1n) is 10.1. The van der Waals surface area contributed by atoms with Gasteiger partial charge in [-0.15, -0.1) is 10.2 Å². The highest BCUT2D eigenvalue weighted by molar-refractivity contribution is 5.77. The molecular formula is C20H24N6O3. The first-order valence-corrected chi connectivity index (χ1v) is 10.1. The van der Waals surface area contributed by atoms with Crippen LogP contribution in [0.4, 0.5) is 0 Å². The summed E-state index contributed by atoms with van der Waals surface area (Å²) in [5.74, 6) is 1.44. The highest BCUT2D eigenvalue weighted by atomic mass is 16.4. The number of hydrogen-bond donors (Lipinski definition) is 0. The van der Waals surface area contributed by atoms with E-state index in [-0.39, 0.29) is 12.3 Å². The molecule has 0 bridgehead atoms. The Labute approximate surface area is 167 Å². The molecule has 4 heterocycles. The molecule has 0 radical (unpaired) electrons. The zero-order valence-electron chi connectivity index (χ0n) is 16.5. The van der Waals surface area contributed by atoms with Gasteiger partial charge >= 0.3 is 5.76 Å². The number of hydrogen-bond acceptors (Lipinski definition) is 6.